The minimum atomic E-state index is 0.546. The van der Waals surface area contributed by atoms with E-state index in [1.165, 1.54) is 6.42 Å². The van der Waals surface area contributed by atoms with Crippen LogP contribution in [0.1, 0.15) is 30.9 Å². The van der Waals surface area contributed by atoms with Crippen LogP contribution in [0.4, 0.5) is 5.82 Å². The van der Waals surface area contributed by atoms with Crippen LogP contribution in [-0.4, -0.2) is 35.7 Å². The quantitative estimate of drug-likeness (QED) is 0.717. The number of aryl methyl sites for hydroxylation is 1. The molecule has 134 valence electrons. The Balaban J connectivity index is 1.85. The maximum atomic E-state index is 9.65. The maximum absolute atomic E-state index is 9.65. The molecule has 1 aliphatic heterocycles. The van der Waals surface area contributed by atoms with Crippen molar-refractivity contribution in [2.45, 2.75) is 26.7 Å². The minimum absolute atomic E-state index is 0.546. The van der Waals surface area contributed by atoms with Gasteiger partial charge in [-0.3, -0.25) is 4.40 Å². The number of pyridine rings is 1. The van der Waals surface area contributed by atoms with Crippen LogP contribution in [0.3, 0.4) is 0 Å². The summed E-state index contributed by atoms with van der Waals surface area (Å²) in [6, 6.07) is 12.6. The van der Waals surface area contributed by atoms with E-state index in [9.17, 15) is 5.26 Å². The normalized spacial score (nSPS) is 17.7. The van der Waals surface area contributed by atoms with Crippen molar-refractivity contribution in [1.29, 1.82) is 5.26 Å². The van der Waals surface area contributed by atoms with Crippen LogP contribution >= 0.6 is 0 Å². The summed E-state index contributed by atoms with van der Waals surface area (Å²) in [6.45, 7) is 7.64. The fourth-order valence-corrected chi connectivity index (χ4v) is 4.00. The number of nitrogens with zero attached hydrogens (tertiary/aromatic N) is 4. The summed E-state index contributed by atoms with van der Waals surface area (Å²) in [7, 11) is 0. The molecule has 1 fully saturated rings. The summed E-state index contributed by atoms with van der Waals surface area (Å²) >= 11 is 0. The monoisotopic (exact) mass is 348 g/mol. The van der Waals surface area contributed by atoms with Gasteiger partial charge in [-0.05, 0) is 56.4 Å². The fraction of sp³-hybridized carbons (Fsp3) is 0.429. The van der Waals surface area contributed by atoms with Crippen molar-refractivity contribution >= 4 is 22.5 Å². The van der Waals surface area contributed by atoms with Crippen molar-refractivity contribution in [3.05, 3.63) is 41.5 Å². The standard InChI is InChI=1S/C21H24N4O/c1-3-26-14-16-7-6-10-24(13-16)20-11-15(2)17(12-22)21-23-18-8-4-5-9-19(18)25(20)21/h4-5,8-9,11,16H,3,6-7,10,13-14H2,1-2H3. The number of ether oxygens (including phenoxy) is 1. The third kappa shape index (κ3) is 2.81. The van der Waals surface area contributed by atoms with Gasteiger partial charge in [-0.2, -0.15) is 5.26 Å². The largest absolute Gasteiger partial charge is 0.381 e. The fourth-order valence-electron chi connectivity index (χ4n) is 4.00. The molecule has 1 unspecified atom stereocenters. The molecule has 1 saturated heterocycles. The third-order valence-electron chi connectivity index (χ3n) is 5.27. The molecule has 4 rings (SSSR count). The predicted octanol–water partition coefficient (Wildman–Crippen LogP) is 3.92. The van der Waals surface area contributed by atoms with Gasteiger partial charge in [-0.15, -0.1) is 0 Å². The van der Waals surface area contributed by atoms with Crippen LogP contribution in [-0.2, 0) is 4.74 Å². The van der Waals surface area contributed by atoms with E-state index in [-0.39, 0.29) is 0 Å². The third-order valence-corrected chi connectivity index (χ3v) is 5.27. The molecule has 0 bridgehead atoms. The summed E-state index contributed by atoms with van der Waals surface area (Å²) in [5.74, 6) is 1.68. The lowest BCUT2D eigenvalue weighted by molar-refractivity contribution is 0.104. The molecule has 0 amide bonds. The summed E-state index contributed by atoms with van der Waals surface area (Å²) in [5, 5.41) is 9.65. The van der Waals surface area contributed by atoms with Gasteiger partial charge < -0.3 is 9.64 Å². The lowest BCUT2D eigenvalue weighted by Crippen LogP contribution is -2.38. The summed E-state index contributed by atoms with van der Waals surface area (Å²) in [6.07, 6.45) is 2.37. The Bertz CT molecular complexity index is 985. The average molecular weight is 348 g/mol. The Labute approximate surface area is 153 Å². The Morgan fingerprint density at radius 3 is 3.00 bits per heavy atom. The lowest BCUT2D eigenvalue weighted by Gasteiger charge is -2.35. The predicted molar refractivity (Wildman–Crippen MR) is 104 cm³/mol. The molecule has 0 spiro atoms. The molecule has 5 heteroatoms. The number of hydrogen-bond donors (Lipinski definition) is 0. The zero-order valence-electron chi connectivity index (χ0n) is 15.4. The van der Waals surface area contributed by atoms with Crippen molar-refractivity contribution in [2.75, 3.05) is 31.2 Å². The number of aromatic nitrogens is 2. The Hall–Kier alpha value is -2.58. The number of anilines is 1. The Morgan fingerprint density at radius 2 is 2.19 bits per heavy atom. The molecule has 1 aromatic carbocycles. The Morgan fingerprint density at radius 1 is 1.35 bits per heavy atom. The Kier molecular flexibility index (Phi) is 4.52. The number of imidazole rings is 1. The SMILES string of the molecule is CCOCC1CCCN(c2cc(C)c(C#N)c3nc4ccccc4n23)C1. The van der Waals surface area contributed by atoms with E-state index in [1.54, 1.807) is 0 Å². The van der Waals surface area contributed by atoms with Crippen LogP contribution in [0, 0.1) is 24.2 Å². The number of fused-ring (bicyclic) bond motifs is 3. The van der Waals surface area contributed by atoms with Gasteiger partial charge in [0.1, 0.15) is 11.9 Å². The molecule has 2 aromatic heterocycles. The zero-order chi connectivity index (χ0) is 18.1. The van der Waals surface area contributed by atoms with Gasteiger partial charge in [-0.25, -0.2) is 4.98 Å². The van der Waals surface area contributed by atoms with Crippen LogP contribution < -0.4 is 4.90 Å². The van der Waals surface area contributed by atoms with Gasteiger partial charge in [-0.1, -0.05) is 12.1 Å². The first kappa shape index (κ1) is 16.9. The van der Waals surface area contributed by atoms with Crippen molar-refractivity contribution in [2.24, 2.45) is 5.92 Å². The lowest BCUT2D eigenvalue weighted by atomic mass is 9.98. The number of hydrogen-bond acceptors (Lipinski definition) is 4. The van der Waals surface area contributed by atoms with E-state index >= 15 is 0 Å². The molecular formula is C21H24N4O. The highest BCUT2D eigenvalue weighted by Crippen LogP contribution is 2.31. The second-order valence-electron chi connectivity index (χ2n) is 7.05. The summed E-state index contributed by atoms with van der Waals surface area (Å²) in [5.41, 5.74) is 4.39. The van der Waals surface area contributed by atoms with E-state index in [0.717, 1.165) is 60.8 Å². The van der Waals surface area contributed by atoms with Crippen LogP contribution in [0.2, 0.25) is 0 Å². The number of piperidine rings is 1. The molecule has 0 radical (unpaired) electrons. The second-order valence-corrected chi connectivity index (χ2v) is 7.05. The highest BCUT2D eigenvalue weighted by Gasteiger charge is 2.24. The van der Waals surface area contributed by atoms with E-state index in [0.29, 0.717) is 11.5 Å². The average Bonchev–Trinajstić information content (AvgIpc) is 3.05. The minimum Gasteiger partial charge on any atom is -0.381 e. The highest BCUT2D eigenvalue weighted by atomic mass is 16.5. The molecule has 3 aromatic rings. The van der Waals surface area contributed by atoms with Crippen molar-refractivity contribution in [3.8, 4) is 6.07 Å². The van der Waals surface area contributed by atoms with Crippen LogP contribution in [0.5, 0.6) is 0 Å². The van der Waals surface area contributed by atoms with Crippen molar-refractivity contribution in [1.82, 2.24) is 9.38 Å². The number of para-hydroxylation sites is 2. The zero-order valence-corrected chi connectivity index (χ0v) is 15.4. The van der Waals surface area contributed by atoms with E-state index < -0.39 is 0 Å². The molecule has 26 heavy (non-hydrogen) atoms. The maximum Gasteiger partial charge on any atom is 0.157 e. The number of benzene rings is 1. The smallest absolute Gasteiger partial charge is 0.157 e. The van der Waals surface area contributed by atoms with Gasteiger partial charge in [0.2, 0.25) is 0 Å². The van der Waals surface area contributed by atoms with Gasteiger partial charge in [0.15, 0.2) is 5.65 Å². The summed E-state index contributed by atoms with van der Waals surface area (Å²) in [4.78, 5) is 7.19. The first-order valence-electron chi connectivity index (χ1n) is 9.36. The molecular weight excluding hydrogens is 324 g/mol. The van der Waals surface area contributed by atoms with Gasteiger partial charge in [0.25, 0.3) is 0 Å². The van der Waals surface area contributed by atoms with E-state index in [4.69, 9.17) is 9.72 Å². The van der Waals surface area contributed by atoms with Crippen LogP contribution in [0.15, 0.2) is 30.3 Å². The van der Waals surface area contributed by atoms with Gasteiger partial charge >= 0.3 is 0 Å². The molecule has 1 atom stereocenters. The van der Waals surface area contributed by atoms with Gasteiger partial charge in [0.05, 0.1) is 23.2 Å². The van der Waals surface area contributed by atoms with Crippen LogP contribution in [0.25, 0.3) is 16.7 Å². The van der Waals surface area contributed by atoms with Gasteiger partial charge in [0, 0.05) is 19.7 Å². The topological polar surface area (TPSA) is 53.6 Å². The van der Waals surface area contributed by atoms with Crippen molar-refractivity contribution < 1.29 is 4.74 Å². The van der Waals surface area contributed by atoms with E-state index in [1.807, 2.05) is 32.0 Å². The second kappa shape index (κ2) is 6.97. The molecule has 3 heterocycles. The first-order chi connectivity index (χ1) is 12.7. The first-order valence-corrected chi connectivity index (χ1v) is 9.36. The van der Waals surface area contributed by atoms with Crippen molar-refractivity contribution in [3.63, 3.8) is 0 Å². The molecule has 0 aliphatic carbocycles. The number of rotatable bonds is 4. The van der Waals surface area contributed by atoms with E-state index in [2.05, 4.69) is 27.5 Å². The number of nitriles is 1. The highest BCUT2D eigenvalue weighted by molar-refractivity contribution is 5.85. The molecule has 0 saturated carbocycles. The molecule has 1 aliphatic rings. The molecule has 5 nitrogen and oxygen atoms in total. The summed E-state index contributed by atoms with van der Waals surface area (Å²) < 4.78 is 7.83. The molecule has 0 N–H and O–H groups in total.